The molecule has 29 heavy (non-hydrogen) atoms. The number of nitrogens with zero attached hydrogens (tertiary/aromatic N) is 2. The first-order chi connectivity index (χ1) is 14.1. The Balaban J connectivity index is 1.72. The van der Waals surface area contributed by atoms with Gasteiger partial charge < -0.3 is 9.47 Å². The number of ether oxygens (including phenoxy) is 2. The molecular weight excluding hydrogens is 382 g/mol. The number of nitrogens with one attached hydrogen (secondary N) is 1. The lowest BCUT2D eigenvalue weighted by atomic mass is 10.0. The quantitative estimate of drug-likeness (QED) is 0.611. The highest BCUT2D eigenvalue weighted by molar-refractivity contribution is 7.12. The van der Waals surface area contributed by atoms with Crippen LogP contribution in [0.4, 0.5) is 5.69 Å². The van der Waals surface area contributed by atoms with Crippen LogP contribution in [0.3, 0.4) is 0 Å². The zero-order valence-corrected chi connectivity index (χ0v) is 17.5. The van der Waals surface area contributed by atoms with Crippen molar-refractivity contribution < 1.29 is 9.47 Å². The van der Waals surface area contributed by atoms with Gasteiger partial charge in [0.2, 0.25) is 0 Å². The van der Waals surface area contributed by atoms with Crippen molar-refractivity contribution in [2.75, 3.05) is 13.7 Å². The standard InChI is InChI=1S/C23H23N3O2S/c1-15(2)14-28-17-8-6-16(7-9-17)22-19-13-18(27-3)10-11-20(19)24-23(26-25-22)21-5-4-12-29-21/h4-13,15H,14H2,1-3H3,(H,24,26). The highest BCUT2D eigenvalue weighted by Gasteiger charge is 2.18. The Morgan fingerprint density at radius 2 is 1.83 bits per heavy atom. The average molecular weight is 406 g/mol. The van der Waals surface area contributed by atoms with Crippen LogP contribution in [-0.4, -0.2) is 25.3 Å². The molecule has 0 saturated carbocycles. The largest absolute Gasteiger partial charge is 0.497 e. The molecule has 2 aromatic carbocycles. The lowest BCUT2D eigenvalue weighted by Crippen LogP contribution is -2.18. The molecule has 1 N–H and O–H groups in total. The predicted octanol–water partition coefficient (Wildman–Crippen LogP) is 5.23. The van der Waals surface area contributed by atoms with E-state index in [1.165, 1.54) is 0 Å². The normalized spacial score (nSPS) is 13.1. The van der Waals surface area contributed by atoms with Gasteiger partial charge in [-0.25, -0.2) is 4.99 Å². The summed E-state index contributed by atoms with van der Waals surface area (Å²) in [5.74, 6) is 2.84. The molecule has 4 rings (SSSR count). The second kappa shape index (κ2) is 8.49. The Labute approximate surface area is 174 Å². The maximum atomic E-state index is 5.81. The Morgan fingerprint density at radius 3 is 2.52 bits per heavy atom. The van der Waals surface area contributed by atoms with E-state index in [1.807, 2.05) is 60.0 Å². The molecule has 5 nitrogen and oxygen atoms in total. The van der Waals surface area contributed by atoms with E-state index in [1.54, 1.807) is 18.4 Å². The minimum Gasteiger partial charge on any atom is -0.497 e. The first-order valence-corrected chi connectivity index (χ1v) is 10.4. The molecule has 2 heterocycles. The fourth-order valence-corrected chi connectivity index (χ4v) is 3.62. The molecule has 1 aliphatic heterocycles. The topological polar surface area (TPSA) is 55.2 Å². The van der Waals surface area contributed by atoms with Crippen LogP contribution in [0.25, 0.3) is 0 Å². The second-order valence-corrected chi connectivity index (χ2v) is 8.07. The number of aliphatic imine (C=N–C) groups is 1. The molecular formula is C23H23N3O2S. The second-order valence-electron chi connectivity index (χ2n) is 7.12. The van der Waals surface area contributed by atoms with Crippen molar-refractivity contribution in [1.29, 1.82) is 0 Å². The Morgan fingerprint density at radius 1 is 1.03 bits per heavy atom. The number of thiophene rings is 1. The van der Waals surface area contributed by atoms with Gasteiger partial charge in [-0.2, -0.15) is 5.10 Å². The minimum atomic E-state index is 0.484. The van der Waals surface area contributed by atoms with Gasteiger partial charge in [0.05, 0.1) is 24.3 Å². The van der Waals surface area contributed by atoms with E-state index in [2.05, 4.69) is 19.3 Å². The van der Waals surface area contributed by atoms with Crippen molar-refractivity contribution in [2.24, 2.45) is 16.0 Å². The van der Waals surface area contributed by atoms with Gasteiger partial charge in [-0.05, 0) is 59.8 Å². The third-order valence-electron chi connectivity index (χ3n) is 4.43. The van der Waals surface area contributed by atoms with Gasteiger partial charge in [0.15, 0.2) is 5.84 Å². The van der Waals surface area contributed by atoms with E-state index in [4.69, 9.17) is 19.6 Å². The van der Waals surface area contributed by atoms with Gasteiger partial charge >= 0.3 is 0 Å². The number of methoxy groups -OCH3 is 1. The van der Waals surface area contributed by atoms with Gasteiger partial charge in [0.25, 0.3) is 0 Å². The van der Waals surface area contributed by atoms with E-state index in [9.17, 15) is 0 Å². The number of fused-ring (bicyclic) bond motifs is 1. The third kappa shape index (κ3) is 4.32. The molecule has 1 aromatic heterocycles. The first kappa shape index (κ1) is 19.2. The van der Waals surface area contributed by atoms with Crippen LogP contribution in [0.15, 0.2) is 70.1 Å². The van der Waals surface area contributed by atoms with Crippen molar-refractivity contribution >= 4 is 28.6 Å². The van der Waals surface area contributed by atoms with Crippen LogP contribution in [0.2, 0.25) is 0 Å². The fraction of sp³-hybridized carbons (Fsp3) is 0.217. The first-order valence-electron chi connectivity index (χ1n) is 9.52. The van der Waals surface area contributed by atoms with Crippen molar-refractivity contribution in [1.82, 2.24) is 5.43 Å². The Bertz CT molecular complexity index is 1040. The summed E-state index contributed by atoms with van der Waals surface area (Å²) in [5.41, 5.74) is 6.70. The molecule has 0 saturated heterocycles. The predicted molar refractivity (Wildman–Crippen MR) is 119 cm³/mol. The van der Waals surface area contributed by atoms with Gasteiger partial charge in [-0.1, -0.05) is 19.9 Å². The number of rotatable bonds is 6. The van der Waals surface area contributed by atoms with Gasteiger partial charge in [-0.15, -0.1) is 11.3 Å². The average Bonchev–Trinajstić information content (AvgIpc) is 3.21. The maximum Gasteiger partial charge on any atom is 0.164 e. The van der Waals surface area contributed by atoms with Gasteiger partial charge in [0, 0.05) is 11.1 Å². The minimum absolute atomic E-state index is 0.484. The highest BCUT2D eigenvalue weighted by atomic mass is 32.1. The van der Waals surface area contributed by atoms with Gasteiger partial charge in [-0.3, -0.25) is 5.43 Å². The Kier molecular flexibility index (Phi) is 5.62. The molecule has 1 aliphatic rings. The molecule has 0 atom stereocenters. The lowest BCUT2D eigenvalue weighted by Gasteiger charge is -2.11. The smallest absolute Gasteiger partial charge is 0.164 e. The summed E-state index contributed by atoms with van der Waals surface area (Å²) in [6.45, 7) is 4.96. The Hall–Kier alpha value is -3.12. The van der Waals surface area contributed by atoms with E-state index >= 15 is 0 Å². The molecule has 0 amide bonds. The van der Waals surface area contributed by atoms with E-state index in [0.29, 0.717) is 12.5 Å². The highest BCUT2D eigenvalue weighted by Crippen LogP contribution is 2.30. The molecule has 0 radical (unpaired) electrons. The summed E-state index contributed by atoms with van der Waals surface area (Å²) >= 11 is 1.62. The van der Waals surface area contributed by atoms with E-state index in [-0.39, 0.29) is 0 Å². The van der Waals surface area contributed by atoms with Crippen LogP contribution in [0, 0.1) is 5.92 Å². The SMILES string of the molecule is COc1ccc2c(c1)C(c1ccc(OCC(C)C)cc1)=NNC(c1cccs1)=N2. The van der Waals surface area contributed by atoms with Crippen LogP contribution in [0.5, 0.6) is 11.5 Å². The fourth-order valence-electron chi connectivity index (χ4n) is 2.96. The summed E-state index contributed by atoms with van der Waals surface area (Å²) in [6.07, 6.45) is 0. The molecule has 0 fully saturated rings. The number of amidine groups is 1. The lowest BCUT2D eigenvalue weighted by molar-refractivity contribution is 0.271. The molecule has 3 aromatic rings. The number of hydrogen-bond donors (Lipinski definition) is 1. The zero-order chi connectivity index (χ0) is 20.2. The molecule has 0 unspecified atom stereocenters. The van der Waals surface area contributed by atoms with Crippen molar-refractivity contribution in [3.63, 3.8) is 0 Å². The summed E-state index contributed by atoms with van der Waals surface area (Å²) in [5, 5.41) is 6.73. The van der Waals surface area contributed by atoms with Crippen LogP contribution >= 0.6 is 11.3 Å². The van der Waals surface area contributed by atoms with E-state index in [0.717, 1.165) is 44.7 Å². The monoisotopic (exact) mass is 405 g/mol. The summed E-state index contributed by atoms with van der Waals surface area (Å²) in [4.78, 5) is 5.86. The van der Waals surface area contributed by atoms with E-state index < -0.39 is 0 Å². The van der Waals surface area contributed by atoms with Crippen LogP contribution < -0.4 is 14.9 Å². The van der Waals surface area contributed by atoms with Crippen LogP contribution in [-0.2, 0) is 0 Å². The summed E-state index contributed by atoms with van der Waals surface area (Å²) in [7, 11) is 1.66. The van der Waals surface area contributed by atoms with Crippen molar-refractivity contribution in [3.8, 4) is 11.5 Å². The summed E-state index contributed by atoms with van der Waals surface area (Å²) in [6, 6.07) is 17.9. The molecule has 0 bridgehead atoms. The molecule has 6 heteroatoms. The van der Waals surface area contributed by atoms with Crippen LogP contribution in [0.1, 0.15) is 29.9 Å². The maximum absolute atomic E-state index is 5.81. The van der Waals surface area contributed by atoms with Crippen molar-refractivity contribution in [2.45, 2.75) is 13.8 Å². The zero-order valence-electron chi connectivity index (χ0n) is 16.7. The third-order valence-corrected chi connectivity index (χ3v) is 5.31. The number of hydrazone groups is 1. The number of hydrogen-bond acceptors (Lipinski definition) is 6. The molecule has 148 valence electrons. The van der Waals surface area contributed by atoms with Gasteiger partial charge in [0.1, 0.15) is 17.2 Å². The van der Waals surface area contributed by atoms with Crippen molar-refractivity contribution in [3.05, 3.63) is 76.0 Å². The number of benzene rings is 2. The summed E-state index contributed by atoms with van der Waals surface area (Å²) < 4.78 is 11.2. The molecule has 0 spiro atoms. The molecule has 0 aliphatic carbocycles.